The molecule has 3 N–H and O–H groups in total. The number of hydrogen-bond donors (Lipinski definition) is 3. The molecule has 2 aromatic rings. The lowest BCUT2D eigenvalue weighted by atomic mass is 9.78. The molecule has 0 saturated heterocycles. The molecule has 5 nitrogen and oxygen atoms in total. The lowest BCUT2D eigenvalue weighted by Crippen LogP contribution is -2.21. The van der Waals surface area contributed by atoms with Crippen LogP contribution in [0, 0.1) is 0 Å². The summed E-state index contributed by atoms with van der Waals surface area (Å²) in [6, 6.07) is 15.7. The van der Waals surface area contributed by atoms with Gasteiger partial charge in [-0.25, -0.2) is 0 Å². The predicted molar refractivity (Wildman–Crippen MR) is 117 cm³/mol. The molecule has 0 heterocycles. The lowest BCUT2D eigenvalue weighted by Gasteiger charge is -2.26. The van der Waals surface area contributed by atoms with Crippen LogP contribution in [-0.4, -0.2) is 47.3 Å². The van der Waals surface area contributed by atoms with Gasteiger partial charge in [0, 0.05) is 5.41 Å². The molecule has 162 valence electrons. The molecule has 0 aromatic heterocycles. The first-order chi connectivity index (χ1) is 13.9. The fourth-order valence-corrected chi connectivity index (χ4v) is 2.66. The summed E-state index contributed by atoms with van der Waals surface area (Å²) in [5.74, 6) is 1.40. The van der Waals surface area contributed by atoms with Gasteiger partial charge in [0.05, 0.1) is 12.7 Å². The Labute approximate surface area is 174 Å². The fourth-order valence-electron chi connectivity index (χ4n) is 2.66. The zero-order valence-corrected chi connectivity index (χ0v) is 18.3. The van der Waals surface area contributed by atoms with Crippen molar-refractivity contribution in [2.75, 3.05) is 19.8 Å². The summed E-state index contributed by atoms with van der Waals surface area (Å²) >= 11 is 0. The topological polar surface area (TPSA) is 79.2 Å². The van der Waals surface area contributed by atoms with Crippen LogP contribution in [0.2, 0.25) is 0 Å². The highest BCUT2D eigenvalue weighted by Crippen LogP contribution is 2.33. The van der Waals surface area contributed by atoms with E-state index in [1.807, 2.05) is 69.3 Å². The van der Waals surface area contributed by atoms with E-state index in [2.05, 4.69) is 13.8 Å². The maximum absolute atomic E-state index is 9.60. The molecule has 5 heteroatoms. The van der Waals surface area contributed by atoms with E-state index in [9.17, 15) is 10.2 Å². The molecule has 0 fully saturated rings. The molecule has 0 aliphatic rings. The monoisotopic (exact) mass is 404 g/mol. The molecule has 0 aliphatic heterocycles. The smallest absolute Gasteiger partial charge is 0.119 e. The Kier molecular flexibility index (Phi) is 10.7. The van der Waals surface area contributed by atoms with Gasteiger partial charge >= 0.3 is 0 Å². The van der Waals surface area contributed by atoms with Crippen LogP contribution in [-0.2, 0) is 5.41 Å². The Morgan fingerprint density at radius 2 is 1.14 bits per heavy atom. The van der Waals surface area contributed by atoms with E-state index < -0.39 is 12.2 Å². The normalized spacial score (nSPS) is 13.1. The van der Waals surface area contributed by atoms with Crippen molar-refractivity contribution in [3.63, 3.8) is 0 Å². The first-order valence-corrected chi connectivity index (χ1v) is 10.3. The first-order valence-electron chi connectivity index (χ1n) is 10.3. The quantitative estimate of drug-likeness (QED) is 0.559. The number of aliphatic hydroxyl groups is 3. The van der Waals surface area contributed by atoms with Crippen molar-refractivity contribution in [1.82, 2.24) is 0 Å². The van der Waals surface area contributed by atoms with E-state index in [1.165, 1.54) is 0 Å². The zero-order valence-electron chi connectivity index (χ0n) is 18.3. The van der Waals surface area contributed by atoms with Crippen molar-refractivity contribution < 1.29 is 24.8 Å². The first kappa shape index (κ1) is 25.0. The maximum Gasteiger partial charge on any atom is 0.119 e. The Bertz CT molecular complexity index is 620. The third-order valence-corrected chi connectivity index (χ3v) is 4.72. The van der Waals surface area contributed by atoms with Crippen LogP contribution in [0.15, 0.2) is 48.5 Å². The summed E-state index contributed by atoms with van der Waals surface area (Å²) in [6.45, 7) is 10.3. The highest BCUT2D eigenvalue weighted by Gasteiger charge is 2.23. The van der Waals surface area contributed by atoms with E-state index >= 15 is 0 Å². The number of aliphatic hydroxyl groups excluding tert-OH is 3. The SMILES string of the molecule is CC.CCC(O)COc1ccc(C(C)(C)c2ccc(OCC(O)CO)cc2)cc1. The maximum atomic E-state index is 9.60. The second kappa shape index (κ2) is 12.5. The molecule has 0 aliphatic carbocycles. The van der Waals surface area contributed by atoms with Crippen LogP contribution in [0.1, 0.15) is 52.2 Å². The Balaban J connectivity index is 0.00000204. The zero-order chi connectivity index (χ0) is 21.9. The number of rotatable bonds is 10. The van der Waals surface area contributed by atoms with Crippen molar-refractivity contribution in [2.24, 2.45) is 0 Å². The average Bonchev–Trinajstić information content (AvgIpc) is 2.77. The van der Waals surface area contributed by atoms with Crippen molar-refractivity contribution in [1.29, 1.82) is 0 Å². The van der Waals surface area contributed by atoms with Gasteiger partial charge in [0.1, 0.15) is 30.8 Å². The molecule has 0 bridgehead atoms. The molecule has 0 amide bonds. The van der Waals surface area contributed by atoms with Crippen LogP contribution in [0.4, 0.5) is 0 Å². The lowest BCUT2D eigenvalue weighted by molar-refractivity contribution is 0.0536. The highest BCUT2D eigenvalue weighted by atomic mass is 16.5. The fraction of sp³-hybridized carbons (Fsp3) is 0.500. The van der Waals surface area contributed by atoms with Gasteiger partial charge in [-0.15, -0.1) is 0 Å². The molecule has 2 atom stereocenters. The molecule has 0 spiro atoms. The van der Waals surface area contributed by atoms with Gasteiger partial charge in [0.15, 0.2) is 0 Å². The molecular weight excluding hydrogens is 368 g/mol. The van der Waals surface area contributed by atoms with E-state index in [0.717, 1.165) is 16.9 Å². The summed E-state index contributed by atoms with van der Waals surface area (Å²) in [6.07, 6.45) is -0.648. The highest BCUT2D eigenvalue weighted by molar-refractivity contribution is 5.41. The van der Waals surface area contributed by atoms with Gasteiger partial charge in [-0.2, -0.15) is 0 Å². The minimum Gasteiger partial charge on any atom is -0.491 e. The molecule has 2 rings (SSSR count). The Morgan fingerprint density at radius 1 is 0.759 bits per heavy atom. The molecule has 2 unspecified atom stereocenters. The summed E-state index contributed by atoms with van der Waals surface area (Å²) in [4.78, 5) is 0. The van der Waals surface area contributed by atoms with Gasteiger partial charge in [-0.1, -0.05) is 58.9 Å². The van der Waals surface area contributed by atoms with Crippen LogP contribution in [0.3, 0.4) is 0 Å². The number of benzene rings is 2. The minimum atomic E-state index is -0.875. The predicted octanol–water partition coefficient (Wildman–Crippen LogP) is 3.92. The summed E-state index contributed by atoms with van der Waals surface area (Å²) < 4.78 is 11.1. The van der Waals surface area contributed by atoms with E-state index in [4.69, 9.17) is 14.6 Å². The molecule has 0 radical (unpaired) electrons. The van der Waals surface area contributed by atoms with Crippen LogP contribution in [0.5, 0.6) is 11.5 Å². The Morgan fingerprint density at radius 3 is 1.48 bits per heavy atom. The molecule has 0 saturated carbocycles. The van der Waals surface area contributed by atoms with Crippen LogP contribution >= 0.6 is 0 Å². The molecule has 29 heavy (non-hydrogen) atoms. The largest absolute Gasteiger partial charge is 0.491 e. The van der Waals surface area contributed by atoms with E-state index in [-0.39, 0.29) is 18.6 Å². The summed E-state index contributed by atoms with van der Waals surface area (Å²) in [5, 5.41) is 27.8. The average molecular weight is 405 g/mol. The van der Waals surface area contributed by atoms with Gasteiger partial charge in [0.25, 0.3) is 0 Å². The van der Waals surface area contributed by atoms with E-state index in [1.54, 1.807) is 0 Å². The van der Waals surface area contributed by atoms with Crippen molar-refractivity contribution in [2.45, 2.75) is 58.7 Å². The van der Waals surface area contributed by atoms with Gasteiger partial charge in [0.2, 0.25) is 0 Å². The third-order valence-electron chi connectivity index (χ3n) is 4.72. The molecule has 2 aromatic carbocycles. The second-order valence-corrected chi connectivity index (χ2v) is 7.19. The summed E-state index contributed by atoms with van der Waals surface area (Å²) in [7, 11) is 0. The van der Waals surface area contributed by atoms with Crippen molar-refractivity contribution in [3.8, 4) is 11.5 Å². The third kappa shape index (κ3) is 7.69. The van der Waals surface area contributed by atoms with Gasteiger partial charge < -0.3 is 24.8 Å². The van der Waals surface area contributed by atoms with Crippen LogP contribution in [0.25, 0.3) is 0 Å². The Hall–Kier alpha value is -2.08. The van der Waals surface area contributed by atoms with E-state index in [0.29, 0.717) is 18.8 Å². The number of hydrogen-bond acceptors (Lipinski definition) is 5. The number of ether oxygens (including phenoxy) is 2. The van der Waals surface area contributed by atoms with Crippen molar-refractivity contribution >= 4 is 0 Å². The standard InChI is InChI=1S/C22H30O5.C2H6/c1-4-18(24)14-26-20-9-5-16(6-10-20)22(2,3)17-7-11-21(12-8-17)27-15-19(25)13-23;1-2/h5-12,18-19,23-25H,4,13-15H2,1-3H3;1-2H3. The van der Waals surface area contributed by atoms with Crippen LogP contribution < -0.4 is 9.47 Å². The summed E-state index contributed by atoms with van der Waals surface area (Å²) in [5.41, 5.74) is 2.08. The molecular formula is C24H36O5. The second-order valence-electron chi connectivity index (χ2n) is 7.19. The van der Waals surface area contributed by atoms with Gasteiger partial charge in [-0.05, 0) is 41.8 Å². The van der Waals surface area contributed by atoms with Gasteiger partial charge in [-0.3, -0.25) is 0 Å². The minimum absolute atomic E-state index is 0.0629. The van der Waals surface area contributed by atoms with Crippen molar-refractivity contribution in [3.05, 3.63) is 59.7 Å².